The molecule has 0 aromatic carbocycles. The third kappa shape index (κ3) is 1.93. The number of halogens is 1. The van der Waals surface area contributed by atoms with Crippen LogP contribution in [0.15, 0.2) is 0 Å². The SMILES string of the molecule is CC1(C)C(Cl)CCN1CC1CCCO1. The van der Waals surface area contributed by atoms with Crippen LogP contribution in [-0.4, -0.2) is 41.6 Å². The Morgan fingerprint density at radius 3 is 2.71 bits per heavy atom. The van der Waals surface area contributed by atoms with Crippen molar-refractivity contribution in [1.82, 2.24) is 4.90 Å². The molecule has 2 unspecified atom stereocenters. The van der Waals surface area contributed by atoms with E-state index in [0.717, 1.165) is 26.1 Å². The highest BCUT2D eigenvalue weighted by atomic mass is 35.5. The van der Waals surface area contributed by atoms with E-state index in [4.69, 9.17) is 16.3 Å². The zero-order chi connectivity index (χ0) is 10.2. The minimum absolute atomic E-state index is 0.146. The van der Waals surface area contributed by atoms with E-state index in [1.165, 1.54) is 12.8 Å². The maximum atomic E-state index is 6.30. The monoisotopic (exact) mass is 217 g/mol. The smallest absolute Gasteiger partial charge is 0.0703 e. The van der Waals surface area contributed by atoms with E-state index in [-0.39, 0.29) is 5.54 Å². The van der Waals surface area contributed by atoms with Gasteiger partial charge in [0.15, 0.2) is 0 Å². The zero-order valence-corrected chi connectivity index (χ0v) is 9.89. The van der Waals surface area contributed by atoms with Crippen LogP contribution in [0.1, 0.15) is 33.1 Å². The van der Waals surface area contributed by atoms with Crippen molar-refractivity contribution in [3.05, 3.63) is 0 Å². The fourth-order valence-electron chi connectivity index (χ4n) is 2.47. The van der Waals surface area contributed by atoms with Crippen LogP contribution in [0, 0.1) is 0 Å². The van der Waals surface area contributed by atoms with Crippen molar-refractivity contribution in [2.24, 2.45) is 0 Å². The van der Waals surface area contributed by atoms with Gasteiger partial charge in [0, 0.05) is 25.2 Å². The van der Waals surface area contributed by atoms with E-state index in [9.17, 15) is 0 Å². The van der Waals surface area contributed by atoms with Crippen LogP contribution in [0.4, 0.5) is 0 Å². The number of hydrogen-bond acceptors (Lipinski definition) is 2. The number of rotatable bonds is 2. The molecule has 0 aromatic rings. The molecule has 2 saturated heterocycles. The molecule has 2 atom stereocenters. The molecule has 2 heterocycles. The predicted molar refractivity (Wildman–Crippen MR) is 58.9 cm³/mol. The lowest BCUT2D eigenvalue weighted by molar-refractivity contribution is 0.0518. The molecule has 14 heavy (non-hydrogen) atoms. The van der Waals surface area contributed by atoms with Crippen LogP contribution in [0.3, 0.4) is 0 Å². The van der Waals surface area contributed by atoms with Crippen LogP contribution >= 0.6 is 11.6 Å². The Bertz CT molecular complexity index is 201. The first-order valence-electron chi connectivity index (χ1n) is 5.61. The molecule has 2 fully saturated rings. The van der Waals surface area contributed by atoms with Gasteiger partial charge in [0.05, 0.1) is 11.5 Å². The topological polar surface area (TPSA) is 12.5 Å². The Hall–Kier alpha value is 0.210. The summed E-state index contributed by atoms with van der Waals surface area (Å²) in [5.74, 6) is 0. The molecular formula is C11H20ClNO. The summed E-state index contributed by atoms with van der Waals surface area (Å²) in [6.45, 7) is 7.62. The predicted octanol–water partition coefficient (Wildman–Crippen LogP) is 2.26. The molecule has 0 aliphatic carbocycles. The molecule has 2 aliphatic heterocycles. The van der Waals surface area contributed by atoms with Gasteiger partial charge >= 0.3 is 0 Å². The summed E-state index contributed by atoms with van der Waals surface area (Å²) in [5, 5.41) is 0.295. The molecule has 2 nitrogen and oxygen atoms in total. The summed E-state index contributed by atoms with van der Waals surface area (Å²) in [4.78, 5) is 2.49. The van der Waals surface area contributed by atoms with Gasteiger partial charge in [0.1, 0.15) is 0 Å². The highest BCUT2D eigenvalue weighted by Gasteiger charge is 2.41. The quantitative estimate of drug-likeness (QED) is 0.658. The second kappa shape index (κ2) is 3.99. The lowest BCUT2D eigenvalue weighted by atomic mass is 10.0. The summed E-state index contributed by atoms with van der Waals surface area (Å²) in [6, 6.07) is 0. The largest absolute Gasteiger partial charge is 0.377 e. The second-order valence-corrected chi connectivity index (χ2v) is 5.52. The maximum absolute atomic E-state index is 6.30. The Labute approximate surface area is 91.6 Å². The van der Waals surface area contributed by atoms with Crippen LogP contribution in [-0.2, 0) is 4.74 Å². The number of hydrogen-bond donors (Lipinski definition) is 0. The normalized spacial score (nSPS) is 37.9. The summed E-state index contributed by atoms with van der Waals surface area (Å²) in [5.41, 5.74) is 0.146. The van der Waals surface area contributed by atoms with Crippen molar-refractivity contribution in [3.8, 4) is 0 Å². The second-order valence-electron chi connectivity index (χ2n) is 4.99. The lowest BCUT2D eigenvalue weighted by Gasteiger charge is -2.35. The van der Waals surface area contributed by atoms with Crippen molar-refractivity contribution in [3.63, 3.8) is 0 Å². The fraction of sp³-hybridized carbons (Fsp3) is 1.00. The van der Waals surface area contributed by atoms with E-state index >= 15 is 0 Å². The zero-order valence-electron chi connectivity index (χ0n) is 9.13. The number of alkyl halides is 1. The molecule has 0 spiro atoms. The minimum atomic E-state index is 0.146. The van der Waals surface area contributed by atoms with Gasteiger partial charge < -0.3 is 4.74 Å². The third-order valence-corrected chi connectivity index (χ3v) is 4.43. The van der Waals surface area contributed by atoms with Gasteiger partial charge in [-0.3, -0.25) is 4.90 Å². The lowest BCUT2D eigenvalue weighted by Crippen LogP contribution is -2.46. The van der Waals surface area contributed by atoms with Crippen molar-refractivity contribution in [2.75, 3.05) is 19.7 Å². The first-order valence-corrected chi connectivity index (χ1v) is 6.05. The fourth-order valence-corrected chi connectivity index (χ4v) is 2.70. The molecule has 0 aromatic heterocycles. The van der Waals surface area contributed by atoms with Crippen molar-refractivity contribution in [1.29, 1.82) is 0 Å². The number of likely N-dealkylation sites (tertiary alicyclic amines) is 1. The molecule has 2 aliphatic rings. The van der Waals surface area contributed by atoms with Gasteiger partial charge in [-0.2, -0.15) is 0 Å². The van der Waals surface area contributed by atoms with Crippen LogP contribution < -0.4 is 0 Å². The highest BCUT2D eigenvalue weighted by molar-refractivity contribution is 6.21. The maximum Gasteiger partial charge on any atom is 0.0703 e. The summed E-state index contributed by atoms with van der Waals surface area (Å²) in [7, 11) is 0. The van der Waals surface area contributed by atoms with Crippen LogP contribution in [0.25, 0.3) is 0 Å². The Kier molecular flexibility index (Phi) is 3.06. The van der Waals surface area contributed by atoms with Crippen molar-refractivity contribution >= 4 is 11.6 Å². The first-order chi connectivity index (χ1) is 6.60. The van der Waals surface area contributed by atoms with Crippen LogP contribution in [0.2, 0.25) is 0 Å². The van der Waals surface area contributed by atoms with Gasteiger partial charge in [-0.1, -0.05) is 0 Å². The van der Waals surface area contributed by atoms with Gasteiger partial charge in [-0.15, -0.1) is 11.6 Å². The number of ether oxygens (including phenoxy) is 1. The molecule has 82 valence electrons. The van der Waals surface area contributed by atoms with Crippen molar-refractivity contribution in [2.45, 2.75) is 50.1 Å². The molecule has 3 heteroatoms. The summed E-state index contributed by atoms with van der Waals surface area (Å²) < 4.78 is 5.66. The molecule has 0 N–H and O–H groups in total. The molecule has 0 saturated carbocycles. The first kappa shape index (κ1) is 10.7. The van der Waals surface area contributed by atoms with E-state index in [2.05, 4.69) is 18.7 Å². The van der Waals surface area contributed by atoms with Gasteiger partial charge in [0.2, 0.25) is 0 Å². The van der Waals surface area contributed by atoms with Crippen molar-refractivity contribution < 1.29 is 4.74 Å². The van der Waals surface area contributed by atoms with E-state index in [0.29, 0.717) is 11.5 Å². The molecule has 2 rings (SSSR count). The Morgan fingerprint density at radius 1 is 1.43 bits per heavy atom. The van der Waals surface area contributed by atoms with Gasteiger partial charge in [-0.05, 0) is 33.1 Å². The Balaban J connectivity index is 1.91. The van der Waals surface area contributed by atoms with Gasteiger partial charge in [0.25, 0.3) is 0 Å². The van der Waals surface area contributed by atoms with Gasteiger partial charge in [-0.25, -0.2) is 0 Å². The van der Waals surface area contributed by atoms with E-state index in [1.54, 1.807) is 0 Å². The van der Waals surface area contributed by atoms with E-state index in [1.807, 2.05) is 0 Å². The minimum Gasteiger partial charge on any atom is -0.377 e. The summed E-state index contributed by atoms with van der Waals surface area (Å²) in [6.07, 6.45) is 4.01. The number of nitrogens with zero attached hydrogens (tertiary/aromatic N) is 1. The molecule has 0 bridgehead atoms. The average molecular weight is 218 g/mol. The summed E-state index contributed by atoms with van der Waals surface area (Å²) >= 11 is 6.30. The third-order valence-electron chi connectivity index (χ3n) is 3.68. The Morgan fingerprint density at radius 2 is 2.21 bits per heavy atom. The highest BCUT2D eigenvalue weighted by Crippen LogP contribution is 2.33. The van der Waals surface area contributed by atoms with Crippen LogP contribution in [0.5, 0.6) is 0 Å². The molecule has 0 amide bonds. The molecular weight excluding hydrogens is 198 g/mol. The molecule has 0 radical (unpaired) electrons. The van der Waals surface area contributed by atoms with E-state index < -0.39 is 0 Å². The standard InChI is InChI=1S/C11H20ClNO/c1-11(2)10(12)5-6-13(11)8-9-4-3-7-14-9/h9-10H,3-8H2,1-2H3. The average Bonchev–Trinajstić information content (AvgIpc) is 2.70.